The molecule has 5 aliphatic carbocycles. The highest BCUT2D eigenvalue weighted by molar-refractivity contribution is 7.25. The van der Waals surface area contributed by atoms with Crippen molar-refractivity contribution in [3.8, 4) is 33.4 Å². The molecule has 5 aliphatic rings. The SMILES string of the molecule is c1ccc2c(c1)-c1c(-c3ccc4oc5ccc(-c6ccc7sc8ccccc8c7c6)cc5c4c3)cccc1C21C2CC3CC(C2)CC1C3. The average Bonchev–Trinajstić information content (AvgIpc) is 3.78. The lowest BCUT2D eigenvalue weighted by atomic mass is 9.43. The molecule has 0 unspecified atom stereocenters. The van der Waals surface area contributed by atoms with Crippen LogP contribution in [0, 0.1) is 23.7 Å². The van der Waals surface area contributed by atoms with Gasteiger partial charge in [0.2, 0.25) is 0 Å². The Balaban J connectivity index is 1.03. The lowest BCUT2D eigenvalue weighted by molar-refractivity contribution is -0.0399. The molecule has 8 aromatic rings. The molecule has 4 saturated carbocycles. The van der Waals surface area contributed by atoms with Crippen LogP contribution >= 0.6 is 11.3 Å². The first-order valence-corrected chi connectivity index (χ1v) is 18.7. The van der Waals surface area contributed by atoms with Crippen LogP contribution in [0.3, 0.4) is 0 Å². The molecular weight excluding hydrogens is 601 g/mol. The summed E-state index contributed by atoms with van der Waals surface area (Å²) in [5, 5.41) is 5.05. The molecule has 2 heteroatoms. The lowest BCUT2D eigenvalue weighted by Gasteiger charge is -2.61. The van der Waals surface area contributed by atoms with E-state index < -0.39 is 0 Å². The lowest BCUT2D eigenvalue weighted by Crippen LogP contribution is -2.55. The molecular formula is C46H34OS. The molecule has 4 fully saturated rings. The van der Waals surface area contributed by atoms with Crippen LogP contribution in [0.5, 0.6) is 0 Å². The summed E-state index contributed by atoms with van der Waals surface area (Å²) in [7, 11) is 0. The maximum Gasteiger partial charge on any atom is 0.135 e. The van der Waals surface area contributed by atoms with Crippen molar-refractivity contribution in [3.63, 3.8) is 0 Å². The Labute approximate surface area is 283 Å². The van der Waals surface area contributed by atoms with Gasteiger partial charge in [0.05, 0.1) is 0 Å². The Morgan fingerprint density at radius 2 is 1.08 bits per heavy atom. The first kappa shape index (κ1) is 26.3. The topological polar surface area (TPSA) is 13.1 Å². The minimum Gasteiger partial charge on any atom is -0.456 e. The van der Waals surface area contributed by atoms with Crippen molar-refractivity contribution in [2.45, 2.75) is 37.5 Å². The molecule has 0 radical (unpaired) electrons. The summed E-state index contributed by atoms with van der Waals surface area (Å²) in [5.41, 5.74) is 13.4. The van der Waals surface area contributed by atoms with Crippen LogP contribution in [0.25, 0.3) is 75.5 Å². The molecule has 6 aromatic carbocycles. The minimum atomic E-state index is 0.186. The van der Waals surface area contributed by atoms with Gasteiger partial charge in [0.15, 0.2) is 0 Å². The smallest absolute Gasteiger partial charge is 0.135 e. The summed E-state index contributed by atoms with van der Waals surface area (Å²) in [6, 6.07) is 46.0. The zero-order valence-electron chi connectivity index (χ0n) is 26.7. The molecule has 230 valence electrons. The van der Waals surface area contributed by atoms with Gasteiger partial charge in [-0.3, -0.25) is 0 Å². The predicted molar refractivity (Wildman–Crippen MR) is 201 cm³/mol. The van der Waals surface area contributed by atoms with Crippen molar-refractivity contribution in [3.05, 3.63) is 132 Å². The fraction of sp³-hybridized carbons (Fsp3) is 0.217. The van der Waals surface area contributed by atoms with Gasteiger partial charge in [-0.1, -0.05) is 78.9 Å². The number of benzene rings is 6. The normalized spacial score (nSPS) is 25.2. The number of hydrogen-bond donors (Lipinski definition) is 0. The zero-order valence-corrected chi connectivity index (χ0v) is 27.5. The first-order chi connectivity index (χ1) is 23.7. The number of rotatable bonds is 2. The van der Waals surface area contributed by atoms with Crippen LogP contribution in [0.2, 0.25) is 0 Å². The maximum absolute atomic E-state index is 6.45. The van der Waals surface area contributed by atoms with Gasteiger partial charge in [-0.25, -0.2) is 0 Å². The molecule has 1 spiro atoms. The van der Waals surface area contributed by atoms with Gasteiger partial charge in [-0.15, -0.1) is 11.3 Å². The highest BCUT2D eigenvalue weighted by Crippen LogP contribution is 2.70. The van der Waals surface area contributed by atoms with E-state index in [1.807, 2.05) is 11.3 Å². The first-order valence-electron chi connectivity index (χ1n) is 17.8. The largest absolute Gasteiger partial charge is 0.456 e. The molecule has 48 heavy (non-hydrogen) atoms. The second-order valence-corrected chi connectivity index (χ2v) is 16.4. The number of thiophene rings is 1. The van der Waals surface area contributed by atoms with E-state index in [0.717, 1.165) is 34.8 Å². The fourth-order valence-electron chi connectivity index (χ4n) is 11.5. The molecule has 13 rings (SSSR count). The Bertz CT molecular complexity index is 2620. The number of furan rings is 1. The van der Waals surface area contributed by atoms with Gasteiger partial charge in [0.1, 0.15) is 11.2 Å². The van der Waals surface area contributed by atoms with E-state index in [0.29, 0.717) is 0 Å². The summed E-state index contributed by atoms with van der Waals surface area (Å²) < 4.78 is 9.14. The summed E-state index contributed by atoms with van der Waals surface area (Å²) in [6.07, 6.45) is 7.13. The van der Waals surface area contributed by atoms with Crippen molar-refractivity contribution >= 4 is 53.4 Å². The van der Waals surface area contributed by atoms with Gasteiger partial charge in [-0.2, -0.15) is 0 Å². The standard InChI is InChI=1S/C46H34OS/c1-3-9-39-35(7-1)45-33(8-5-10-40(45)46(39)31-19-26-18-27(21-31)22-32(46)20-26)30-13-16-42-37(25-30)36-23-28(12-15-41(36)47-42)29-14-17-44-38(24-29)34-6-2-4-11-43(34)48-44/h1-17,23-27,31-32H,18-22H2. The summed E-state index contributed by atoms with van der Waals surface area (Å²) >= 11 is 1.87. The maximum atomic E-state index is 6.45. The highest BCUT2D eigenvalue weighted by Gasteiger charge is 2.61. The van der Waals surface area contributed by atoms with Crippen molar-refractivity contribution < 1.29 is 4.42 Å². The fourth-order valence-corrected chi connectivity index (χ4v) is 12.6. The molecule has 0 N–H and O–H groups in total. The Morgan fingerprint density at radius 1 is 0.479 bits per heavy atom. The van der Waals surface area contributed by atoms with E-state index in [2.05, 4.69) is 121 Å². The van der Waals surface area contributed by atoms with Crippen molar-refractivity contribution in [1.29, 1.82) is 0 Å². The Morgan fingerprint density at radius 3 is 1.90 bits per heavy atom. The third-order valence-electron chi connectivity index (χ3n) is 13.1. The van der Waals surface area contributed by atoms with Crippen molar-refractivity contribution in [1.82, 2.24) is 0 Å². The van der Waals surface area contributed by atoms with Crippen molar-refractivity contribution in [2.75, 3.05) is 0 Å². The van der Waals surface area contributed by atoms with Crippen LogP contribution in [-0.4, -0.2) is 0 Å². The number of fused-ring (bicyclic) bond motifs is 9. The molecule has 0 atom stereocenters. The van der Waals surface area contributed by atoms with E-state index in [1.54, 1.807) is 11.1 Å². The predicted octanol–water partition coefficient (Wildman–Crippen LogP) is 13.0. The second-order valence-electron chi connectivity index (χ2n) is 15.3. The third kappa shape index (κ3) is 3.32. The molecule has 4 bridgehead atoms. The zero-order chi connectivity index (χ0) is 31.1. The second kappa shape index (κ2) is 9.27. The van der Waals surface area contributed by atoms with Crippen LogP contribution in [-0.2, 0) is 5.41 Å². The average molecular weight is 635 g/mol. The molecule has 0 saturated heterocycles. The molecule has 0 aliphatic heterocycles. The molecule has 2 heterocycles. The van der Waals surface area contributed by atoms with Gasteiger partial charge in [0, 0.05) is 36.4 Å². The molecule has 0 amide bonds. The summed E-state index contributed by atoms with van der Waals surface area (Å²) in [6.45, 7) is 0. The Hall–Kier alpha value is -4.66. The van der Waals surface area contributed by atoms with Crippen LogP contribution < -0.4 is 0 Å². The van der Waals surface area contributed by atoms with Gasteiger partial charge >= 0.3 is 0 Å². The quantitative estimate of drug-likeness (QED) is 0.184. The third-order valence-corrected chi connectivity index (χ3v) is 14.2. The highest BCUT2D eigenvalue weighted by atomic mass is 32.1. The van der Waals surface area contributed by atoms with E-state index >= 15 is 0 Å². The van der Waals surface area contributed by atoms with Crippen LogP contribution in [0.1, 0.15) is 43.2 Å². The molecule has 1 nitrogen and oxygen atoms in total. The summed E-state index contributed by atoms with van der Waals surface area (Å²) in [5.74, 6) is 3.45. The van der Waals surface area contributed by atoms with Gasteiger partial charge in [0.25, 0.3) is 0 Å². The van der Waals surface area contributed by atoms with E-state index in [1.165, 1.54) is 96.4 Å². The molecule has 2 aromatic heterocycles. The van der Waals surface area contributed by atoms with E-state index in [4.69, 9.17) is 4.42 Å². The Kier molecular flexibility index (Phi) is 5.08. The van der Waals surface area contributed by atoms with Crippen LogP contribution in [0.4, 0.5) is 0 Å². The number of hydrogen-bond acceptors (Lipinski definition) is 2. The van der Waals surface area contributed by atoms with Crippen LogP contribution in [0.15, 0.2) is 126 Å². The van der Waals surface area contributed by atoms with E-state index in [9.17, 15) is 0 Å². The van der Waals surface area contributed by atoms with E-state index in [-0.39, 0.29) is 5.41 Å². The van der Waals surface area contributed by atoms with Gasteiger partial charge < -0.3 is 4.42 Å². The monoisotopic (exact) mass is 634 g/mol. The summed E-state index contributed by atoms with van der Waals surface area (Å²) in [4.78, 5) is 0. The van der Waals surface area contributed by atoms with Crippen molar-refractivity contribution in [2.24, 2.45) is 23.7 Å². The van der Waals surface area contributed by atoms with Gasteiger partial charge in [-0.05, 0) is 143 Å². The minimum absolute atomic E-state index is 0.186.